The normalized spacial score (nSPS) is 10.1. The first-order chi connectivity index (χ1) is 10.9. The fourth-order valence-corrected chi connectivity index (χ4v) is 2.11. The van der Waals surface area contributed by atoms with Crippen LogP contribution in [0.3, 0.4) is 0 Å². The lowest BCUT2D eigenvalue weighted by Crippen LogP contribution is -2.29. The molecule has 0 aliphatic carbocycles. The van der Waals surface area contributed by atoms with Crippen LogP contribution in [0.5, 0.6) is 17.2 Å². The van der Waals surface area contributed by atoms with Gasteiger partial charge in [0, 0.05) is 20.0 Å². The number of carboxylic acid groups (broad SMARTS) is 1. The third kappa shape index (κ3) is 5.36. The molecule has 0 unspecified atom stereocenters. The Bertz CT molecular complexity index is 532. The summed E-state index contributed by atoms with van der Waals surface area (Å²) in [6, 6.07) is 3.60. The molecule has 0 saturated heterocycles. The van der Waals surface area contributed by atoms with E-state index in [2.05, 4.69) is 0 Å². The van der Waals surface area contributed by atoms with E-state index in [1.54, 1.807) is 19.2 Å². The maximum Gasteiger partial charge on any atom is 0.305 e. The fourth-order valence-electron chi connectivity index (χ4n) is 2.11. The summed E-state index contributed by atoms with van der Waals surface area (Å²) in [7, 11) is 6.19. The van der Waals surface area contributed by atoms with Crippen LogP contribution in [0, 0.1) is 0 Å². The van der Waals surface area contributed by atoms with Crippen LogP contribution in [0.1, 0.15) is 18.4 Å². The molecule has 0 saturated carbocycles. The molecule has 7 heteroatoms. The van der Waals surface area contributed by atoms with Gasteiger partial charge >= 0.3 is 5.97 Å². The van der Waals surface area contributed by atoms with E-state index in [0.717, 1.165) is 5.56 Å². The van der Waals surface area contributed by atoms with Crippen LogP contribution in [0.4, 0.5) is 0 Å². The van der Waals surface area contributed by atoms with Gasteiger partial charge in [-0.3, -0.25) is 9.59 Å². The van der Waals surface area contributed by atoms with Gasteiger partial charge in [-0.05, 0) is 24.1 Å². The molecular weight excluding hydrogens is 302 g/mol. The first-order valence-corrected chi connectivity index (χ1v) is 7.17. The van der Waals surface area contributed by atoms with Crippen LogP contribution in [-0.4, -0.2) is 56.8 Å². The zero-order valence-corrected chi connectivity index (χ0v) is 13.9. The third-order valence-electron chi connectivity index (χ3n) is 3.44. The Kier molecular flexibility index (Phi) is 7.18. The van der Waals surface area contributed by atoms with Crippen molar-refractivity contribution < 1.29 is 28.9 Å². The highest BCUT2D eigenvalue weighted by atomic mass is 16.5. The lowest BCUT2D eigenvalue weighted by atomic mass is 10.1. The second-order valence-corrected chi connectivity index (χ2v) is 4.99. The van der Waals surface area contributed by atoms with Crippen molar-refractivity contribution in [1.82, 2.24) is 4.90 Å². The number of carboxylic acids is 1. The van der Waals surface area contributed by atoms with Crippen molar-refractivity contribution in [3.63, 3.8) is 0 Å². The minimum Gasteiger partial charge on any atom is -0.493 e. The number of benzene rings is 1. The lowest BCUT2D eigenvalue weighted by Gasteiger charge is -2.17. The number of amides is 1. The molecule has 1 rings (SSSR count). The summed E-state index contributed by atoms with van der Waals surface area (Å²) >= 11 is 0. The summed E-state index contributed by atoms with van der Waals surface area (Å²) in [6.45, 7) is 0.198. The van der Waals surface area contributed by atoms with Gasteiger partial charge in [0.1, 0.15) is 0 Å². The molecule has 23 heavy (non-hydrogen) atoms. The predicted molar refractivity (Wildman–Crippen MR) is 84.3 cm³/mol. The zero-order chi connectivity index (χ0) is 17.4. The average Bonchev–Trinajstić information content (AvgIpc) is 2.55. The Balaban J connectivity index is 2.74. The maximum atomic E-state index is 12.0. The average molecular weight is 325 g/mol. The minimum atomic E-state index is -0.922. The molecule has 0 aromatic heterocycles. The highest BCUT2D eigenvalue weighted by Gasteiger charge is 2.15. The van der Waals surface area contributed by atoms with Gasteiger partial charge in [0.2, 0.25) is 11.7 Å². The van der Waals surface area contributed by atoms with Gasteiger partial charge in [-0.15, -0.1) is 0 Å². The summed E-state index contributed by atoms with van der Waals surface area (Å²) in [5, 5.41) is 8.64. The van der Waals surface area contributed by atoms with Gasteiger partial charge < -0.3 is 24.2 Å². The van der Waals surface area contributed by atoms with E-state index in [9.17, 15) is 9.59 Å². The number of hydrogen-bond acceptors (Lipinski definition) is 5. The smallest absolute Gasteiger partial charge is 0.305 e. The van der Waals surface area contributed by atoms with Gasteiger partial charge in [0.05, 0.1) is 27.8 Å². The Hall–Kier alpha value is -2.44. The van der Waals surface area contributed by atoms with Crippen LogP contribution in [0.15, 0.2) is 12.1 Å². The van der Waals surface area contributed by atoms with Crippen LogP contribution in [-0.2, 0) is 16.0 Å². The van der Waals surface area contributed by atoms with Crippen molar-refractivity contribution in [2.24, 2.45) is 0 Å². The minimum absolute atomic E-state index is 0.0631. The monoisotopic (exact) mass is 325 g/mol. The van der Waals surface area contributed by atoms with E-state index in [0.29, 0.717) is 23.7 Å². The van der Waals surface area contributed by atoms with Gasteiger partial charge in [0.25, 0.3) is 0 Å². The number of nitrogens with zero attached hydrogens (tertiary/aromatic N) is 1. The molecule has 7 nitrogen and oxygen atoms in total. The Labute approximate surface area is 135 Å². The second kappa shape index (κ2) is 8.87. The number of rotatable bonds is 9. The number of carbonyl (C=O) groups excluding carboxylic acids is 1. The number of carbonyl (C=O) groups is 2. The molecule has 0 fully saturated rings. The Morgan fingerprint density at radius 2 is 1.61 bits per heavy atom. The van der Waals surface area contributed by atoms with Crippen LogP contribution < -0.4 is 14.2 Å². The van der Waals surface area contributed by atoms with Crippen molar-refractivity contribution in [1.29, 1.82) is 0 Å². The lowest BCUT2D eigenvalue weighted by molar-refractivity contribution is -0.138. The summed E-state index contributed by atoms with van der Waals surface area (Å²) in [5.74, 6) is 0.542. The molecule has 0 aliphatic rings. The standard InChI is InChI=1S/C16H23NO6/c1-17(8-7-15(19)20)14(18)6-5-11-9-12(21-2)16(23-4)13(10-11)22-3/h9-10H,5-8H2,1-4H3,(H,19,20). The van der Waals surface area contributed by atoms with Crippen LogP contribution in [0.25, 0.3) is 0 Å². The zero-order valence-electron chi connectivity index (χ0n) is 13.9. The number of aryl methyl sites for hydroxylation is 1. The topological polar surface area (TPSA) is 85.3 Å². The van der Waals surface area contributed by atoms with E-state index in [-0.39, 0.29) is 25.3 Å². The van der Waals surface area contributed by atoms with Gasteiger partial charge in [-0.25, -0.2) is 0 Å². The number of methoxy groups -OCH3 is 3. The van der Waals surface area contributed by atoms with Crippen molar-refractivity contribution in [3.05, 3.63) is 17.7 Å². The van der Waals surface area contributed by atoms with E-state index in [1.807, 2.05) is 0 Å². The fraction of sp³-hybridized carbons (Fsp3) is 0.500. The van der Waals surface area contributed by atoms with Gasteiger partial charge in [0.15, 0.2) is 11.5 Å². The SMILES string of the molecule is COc1cc(CCC(=O)N(C)CCC(=O)O)cc(OC)c1OC. The van der Waals surface area contributed by atoms with E-state index >= 15 is 0 Å². The predicted octanol–water partition coefficient (Wildman–Crippen LogP) is 1.58. The van der Waals surface area contributed by atoms with Crippen LogP contribution >= 0.6 is 0 Å². The first-order valence-electron chi connectivity index (χ1n) is 7.17. The molecule has 1 N–H and O–H groups in total. The summed E-state index contributed by atoms with van der Waals surface area (Å²) in [6.07, 6.45) is 0.703. The quantitative estimate of drug-likeness (QED) is 0.742. The molecule has 0 bridgehead atoms. The van der Waals surface area contributed by atoms with Gasteiger partial charge in [-0.2, -0.15) is 0 Å². The number of ether oxygens (including phenoxy) is 3. The Morgan fingerprint density at radius 3 is 2.04 bits per heavy atom. The summed E-state index contributed by atoms with van der Waals surface area (Å²) in [5.41, 5.74) is 0.875. The van der Waals surface area contributed by atoms with Crippen molar-refractivity contribution in [2.75, 3.05) is 34.9 Å². The highest BCUT2D eigenvalue weighted by Crippen LogP contribution is 2.38. The maximum absolute atomic E-state index is 12.0. The molecule has 1 amide bonds. The number of hydrogen-bond donors (Lipinski definition) is 1. The molecule has 1 aromatic carbocycles. The summed E-state index contributed by atoms with van der Waals surface area (Å²) < 4.78 is 15.8. The number of aliphatic carboxylic acids is 1. The highest BCUT2D eigenvalue weighted by molar-refractivity contribution is 5.77. The van der Waals surface area contributed by atoms with Gasteiger partial charge in [-0.1, -0.05) is 0 Å². The first kappa shape index (κ1) is 18.6. The molecule has 128 valence electrons. The Morgan fingerprint density at radius 1 is 1.04 bits per heavy atom. The third-order valence-corrected chi connectivity index (χ3v) is 3.44. The van der Waals surface area contributed by atoms with E-state index in [1.165, 1.54) is 26.2 Å². The molecular formula is C16H23NO6. The molecule has 0 heterocycles. The van der Waals surface area contributed by atoms with Crippen LogP contribution in [0.2, 0.25) is 0 Å². The molecule has 0 spiro atoms. The molecule has 1 aromatic rings. The van der Waals surface area contributed by atoms with Crippen molar-refractivity contribution in [3.8, 4) is 17.2 Å². The second-order valence-electron chi connectivity index (χ2n) is 4.99. The molecule has 0 radical (unpaired) electrons. The van der Waals surface area contributed by atoms with Crippen molar-refractivity contribution in [2.45, 2.75) is 19.3 Å². The molecule has 0 atom stereocenters. The summed E-state index contributed by atoms with van der Waals surface area (Å²) in [4.78, 5) is 24.0. The van der Waals surface area contributed by atoms with Crippen molar-refractivity contribution >= 4 is 11.9 Å². The van der Waals surface area contributed by atoms with E-state index in [4.69, 9.17) is 19.3 Å². The largest absolute Gasteiger partial charge is 0.493 e. The molecule has 0 aliphatic heterocycles. The van der Waals surface area contributed by atoms with E-state index < -0.39 is 5.97 Å².